The van der Waals surface area contributed by atoms with Gasteiger partial charge in [-0.2, -0.15) is 0 Å². The van der Waals surface area contributed by atoms with Gasteiger partial charge in [0.1, 0.15) is 17.5 Å². The van der Waals surface area contributed by atoms with Crippen molar-refractivity contribution in [3.63, 3.8) is 0 Å². The standard InChI is InChI=1S/C11H8BrNO3/c1-15-11(14)9-6-16-13-10(9)7-2-4-8(12)5-3-7/h2-6H,1H3. The Hall–Kier alpha value is -1.62. The van der Waals surface area contributed by atoms with Gasteiger partial charge in [-0.15, -0.1) is 0 Å². The van der Waals surface area contributed by atoms with Crippen LogP contribution in [0.1, 0.15) is 10.4 Å². The number of ether oxygens (including phenoxy) is 1. The Balaban J connectivity index is 2.44. The Morgan fingerprint density at radius 1 is 1.38 bits per heavy atom. The van der Waals surface area contributed by atoms with Gasteiger partial charge in [-0.25, -0.2) is 4.79 Å². The van der Waals surface area contributed by atoms with Crippen LogP contribution >= 0.6 is 15.9 Å². The maximum absolute atomic E-state index is 11.4. The highest BCUT2D eigenvalue weighted by molar-refractivity contribution is 9.10. The molecule has 0 bridgehead atoms. The Morgan fingerprint density at radius 3 is 2.69 bits per heavy atom. The van der Waals surface area contributed by atoms with Crippen LogP contribution in [-0.2, 0) is 4.74 Å². The molecular weight excluding hydrogens is 274 g/mol. The first kappa shape index (κ1) is 10.9. The topological polar surface area (TPSA) is 52.3 Å². The molecule has 0 spiro atoms. The van der Waals surface area contributed by atoms with E-state index in [0.29, 0.717) is 11.3 Å². The maximum atomic E-state index is 11.4. The molecule has 0 amide bonds. The number of carbonyl (C=O) groups excluding carboxylic acids is 1. The summed E-state index contributed by atoms with van der Waals surface area (Å²) in [6.45, 7) is 0. The van der Waals surface area contributed by atoms with Gasteiger partial charge in [-0.1, -0.05) is 33.2 Å². The summed E-state index contributed by atoms with van der Waals surface area (Å²) in [6.07, 6.45) is 1.28. The summed E-state index contributed by atoms with van der Waals surface area (Å²) in [4.78, 5) is 11.4. The summed E-state index contributed by atoms with van der Waals surface area (Å²) in [5.41, 5.74) is 1.61. The fourth-order valence-corrected chi connectivity index (χ4v) is 1.57. The van der Waals surface area contributed by atoms with Crippen molar-refractivity contribution in [3.8, 4) is 11.3 Å². The van der Waals surface area contributed by atoms with Crippen molar-refractivity contribution in [2.45, 2.75) is 0 Å². The summed E-state index contributed by atoms with van der Waals surface area (Å²) in [7, 11) is 1.32. The monoisotopic (exact) mass is 281 g/mol. The van der Waals surface area contributed by atoms with Crippen LogP contribution in [0.15, 0.2) is 39.5 Å². The lowest BCUT2D eigenvalue weighted by atomic mass is 10.1. The fraction of sp³-hybridized carbons (Fsp3) is 0.0909. The van der Waals surface area contributed by atoms with Crippen LogP contribution in [0.3, 0.4) is 0 Å². The van der Waals surface area contributed by atoms with Crippen LogP contribution in [-0.4, -0.2) is 18.2 Å². The lowest BCUT2D eigenvalue weighted by molar-refractivity contribution is 0.0600. The van der Waals surface area contributed by atoms with Crippen LogP contribution in [0.2, 0.25) is 0 Å². The second-order valence-electron chi connectivity index (χ2n) is 3.08. The van der Waals surface area contributed by atoms with E-state index in [0.717, 1.165) is 10.0 Å². The second kappa shape index (κ2) is 4.49. The highest BCUT2D eigenvalue weighted by atomic mass is 79.9. The van der Waals surface area contributed by atoms with Gasteiger partial charge >= 0.3 is 5.97 Å². The minimum Gasteiger partial charge on any atom is -0.465 e. The Kier molecular flexibility index (Phi) is 3.05. The van der Waals surface area contributed by atoms with Gasteiger partial charge in [0, 0.05) is 10.0 Å². The molecule has 1 aromatic carbocycles. The quantitative estimate of drug-likeness (QED) is 0.795. The largest absolute Gasteiger partial charge is 0.465 e. The molecular formula is C11H8BrNO3. The number of carbonyl (C=O) groups is 1. The first-order valence-corrected chi connectivity index (χ1v) is 5.30. The van der Waals surface area contributed by atoms with E-state index in [1.54, 1.807) is 0 Å². The average molecular weight is 282 g/mol. The summed E-state index contributed by atoms with van der Waals surface area (Å²) >= 11 is 3.33. The van der Waals surface area contributed by atoms with Crippen molar-refractivity contribution in [2.75, 3.05) is 7.11 Å². The third-order valence-corrected chi connectivity index (χ3v) is 2.62. The van der Waals surface area contributed by atoms with Gasteiger partial charge < -0.3 is 9.26 Å². The smallest absolute Gasteiger partial charge is 0.343 e. The summed E-state index contributed by atoms with van der Waals surface area (Å²) in [5, 5.41) is 3.79. The molecule has 4 nitrogen and oxygen atoms in total. The molecule has 82 valence electrons. The van der Waals surface area contributed by atoms with E-state index in [9.17, 15) is 4.79 Å². The normalized spacial score (nSPS) is 10.1. The molecule has 0 aliphatic heterocycles. The number of methoxy groups -OCH3 is 1. The van der Waals surface area contributed by atoms with Crippen LogP contribution in [0, 0.1) is 0 Å². The number of nitrogens with zero attached hydrogens (tertiary/aromatic N) is 1. The van der Waals surface area contributed by atoms with Gasteiger partial charge in [-0.3, -0.25) is 0 Å². The van der Waals surface area contributed by atoms with Crippen LogP contribution < -0.4 is 0 Å². The molecule has 16 heavy (non-hydrogen) atoms. The highest BCUT2D eigenvalue weighted by Crippen LogP contribution is 2.24. The SMILES string of the molecule is COC(=O)c1conc1-c1ccc(Br)cc1. The molecule has 5 heteroatoms. The molecule has 0 saturated carbocycles. The first-order valence-electron chi connectivity index (χ1n) is 4.51. The first-order chi connectivity index (χ1) is 7.72. The predicted octanol–water partition coefficient (Wildman–Crippen LogP) is 2.89. The molecule has 0 atom stereocenters. The number of hydrogen-bond donors (Lipinski definition) is 0. The van der Waals surface area contributed by atoms with Crippen molar-refractivity contribution in [3.05, 3.63) is 40.6 Å². The molecule has 0 aliphatic carbocycles. The average Bonchev–Trinajstić information content (AvgIpc) is 2.78. The summed E-state index contributed by atoms with van der Waals surface area (Å²) in [5.74, 6) is -0.459. The van der Waals surface area contributed by atoms with Crippen molar-refractivity contribution >= 4 is 21.9 Å². The molecule has 0 aliphatic rings. The van der Waals surface area contributed by atoms with Crippen molar-refractivity contribution in [2.24, 2.45) is 0 Å². The minimum atomic E-state index is -0.459. The molecule has 0 radical (unpaired) electrons. The Morgan fingerprint density at radius 2 is 2.06 bits per heavy atom. The number of aromatic nitrogens is 1. The third-order valence-electron chi connectivity index (χ3n) is 2.09. The number of hydrogen-bond acceptors (Lipinski definition) is 4. The lowest BCUT2D eigenvalue weighted by Crippen LogP contribution is -2.01. The fourth-order valence-electron chi connectivity index (χ4n) is 1.31. The van der Waals surface area contributed by atoms with Gasteiger partial charge in [-0.05, 0) is 12.1 Å². The van der Waals surface area contributed by atoms with Crippen LogP contribution in [0.25, 0.3) is 11.3 Å². The zero-order valence-electron chi connectivity index (χ0n) is 8.44. The van der Waals surface area contributed by atoms with Crippen molar-refractivity contribution in [1.29, 1.82) is 0 Å². The number of halogens is 1. The van der Waals surface area contributed by atoms with Crippen LogP contribution in [0.5, 0.6) is 0 Å². The molecule has 0 N–H and O–H groups in total. The van der Waals surface area contributed by atoms with Gasteiger partial charge in [0.15, 0.2) is 0 Å². The van der Waals surface area contributed by atoms with Crippen molar-refractivity contribution in [1.82, 2.24) is 5.16 Å². The molecule has 0 unspecified atom stereocenters. The zero-order chi connectivity index (χ0) is 11.5. The van der Waals surface area contributed by atoms with E-state index >= 15 is 0 Å². The van der Waals surface area contributed by atoms with E-state index in [4.69, 9.17) is 4.52 Å². The summed E-state index contributed by atoms with van der Waals surface area (Å²) in [6, 6.07) is 7.42. The minimum absolute atomic E-state index is 0.324. The number of esters is 1. The molecule has 2 rings (SSSR count). The van der Waals surface area contributed by atoms with E-state index in [1.807, 2.05) is 24.3 Å². The second-order valence-corrected chi connectivity index (χ2v) is 3.99. The molecule has 0 fully saturated rings. The molecule has 2 aromatic rings. The molecule has 1 heterocycles. The van der Waals surface area contributed by atoms with E-state index in [2.05, 4.69) is 25.8 Å². The Bertz CT molecular complexity index is 504. The van der Waals surface area contributed by atoms with Gasteiger partial charge in [0.25, 0.3) is 0 Å². The van der Waals surface area contributed by atoms with Crippen LogP contribution in [0.4, 0.5) is 0 Å². The maximum Gasteiger partial charge on any atom is 0.343 e. The molecule has 1 aromatic heterocycles. The van der Waals surface area contributed by atoms with Gasteiger partial charge in [0.2, 0.25) is 0 Å². The number of rotatable bonds is 2. The molecule has 0 saturated heterocycles. The predicted molar refractivity (Wildman–Crippen MR) is 61.0 cm³/mol. The van der Waals surface area contributed by atoms with Crippen molar-refractivity contribution < 1.29 is 14.1 Å². The van der Waals surface area contributed by atoms with E-state index in [-0.39, 0.29) is 0 Å². The third kappa shape index (κ3) is 1.99. The number of benzene rings is 1. The summed E-state index contributed by atoms with van der Waals surface area (Å²) < 4.78 is 10.4. The zero-order valence-corrected chi connectivity index (χ0v) is 10.0. The lowest BCUT2D eigenvalue weighted by Gasteiger charge is -1.99. The van der Waals surface area contributed by atoms with E-state index < -0.39 is 5.97 Å². The van der Waals surface area contributed by atoms with E-state index in [1.165, 1.54) is 13.4 Å². The Labute approximate surface area is 100 Å². The van der Waals surface area contributed by atoms with Gasteiger partial charge in [0.05, 0.1) is 7.11 Å². The highest BCUT2D eigenvalue weighted by Gasteiger charge is 2.17.